The van der Waals surface area contributed by atoms with Gasteiger partial charge >= 0.3 is 5.97 Å². The molecule has 15 heavy (non-hydrogen) atoms. The van der Waals surface area contributed by atoms with Crippen LogP contribution in [0.3, 0.4) is 0 Å². The standard InChI is InChI=1S/C11H20N2O2/c1-15-11(14)8-10(9-2-3-9)13-6-4-12-5-7-13/h9-10,12H,2-8H2,1H3. The number of carbonyl (C=O) groups excluding carboxylic acids is 1. The first-order valence-corrected chi connectivity index (χ1v) is 5.83. The van der Waals surface area contributed by atoms with Crippen LogP contribution in [0.25, 0.3) is 0 Å². The van der Waals surface area contributed by atoms with E-state index in [2.05, 4.69) is 10.2 Å². The third-order valence-corrected chi connectivity index (χ3v) is 3.39. The highest BCUT2D eigenvalue weighted by atomic mass is 16.5. The molecule has 1 aliphatic heterocycles. The van der Waals surface area contributed by atoms with Crippen molar-refractivity contribution in [1.29, 1.82) is 0 Å². The summed E-state index contributed by atoms with van der Waals surface area (Å²) in [6, 6.07) is 0.430. The van der Waals surface area contributed by atoms with Gasteiger partial charge in [-0.1, -0.05) is 0 Å². The molecule has 0 aromatic rings. The third kappa shape index (κ3) is 2.92. The predicted octanol–water partition coefficient (Wildman–Crippen LogP) is 0.233. The molecule has 1 heterocycles. The summed E-state index contributed by atoms with van der Waals surface area (Å²) in [6.07, 6.45) is 3.14. The van der Waals surface area contributed by atoms with Crippen LogP contribution >= 0.6 is 0 Å². The Balaban J connectivity index is 1.89. The van der Waals surface area contributed by atoms with Crippen molar-refractivity contribution >= 4 is 5.97 Å². The Morgan fingerprint density at radius 2 is 2.13 bits per heavy atom. The first-order chi connectivity index (χ1) is 7.31. The minimum absolute atomic E-state index is 0.0644. The molecule has 4 nitrogen and oxygen atoms in total. The first kappa shape index (κ1) is 10.9. The molecule has 1 atom stereocenters. The monoisotopic (exact) mass is 212 g/mol. The number of hydrogen-bond acceptors (Lipinski definition) is 4. The Labute approximate surface area is 91.0 Å². The number of methoxy groups -OCH3 is 1. The van der Waals surface area contributed by atoms with Crippen LogP contribution < -0.4 is 5.32 Å². The number of piperazine rings is 1. The highest BCUT2D eigenvalue weighted by Crippen LogP contribution is 2.37. The molecule has 1 N–H and O–H groups in total. The van der Waals surface area contributed by atoms with E-state index in [9.17, 15) is 4.79 Å². The van der Waals surface area contributed by atoms with Crippen LogP contribution in [-0.2, 0) is 9.53 Å². The molecule has 0 aromatic carbocycles. The molecule has 1 aliphatic carbocycles. The van der Waals surface area contributed by atoms with E-state index in [1.165, 1.54) is 20.0 Å². The van der Waals surface area contributed by atoms with Gasteiger partial charge in [0.05, 0.1) is 13.5 Å². The molecule has 1 saturated carbocycles. The van der Waals surface area contributed by atoms with Gasteiger partial charge in [0.15, 0.2) is 0 Å². The van der Waals surface area contributed by atoms with E-state index in [1.54, 1.807) is 0 Å². The Bertz CT molecular complexity index is 223. The number of nitrogens with zero attached hydrogens (tertiary/aromatic N) is 1. The molecule has 4 heteroatoms. The van der Waals surface area contributed by atoms with Gasteiger partial charge in [0.2, 0.25) is 0 Å². The van der Waals surface area contributed by atoms with Crippen molar-refractivity contribution in [2.75, 3.05) is 33.3 Å². The summed E-state index contributed by atoms with van der Waals surface area (Å²) in [7, 11) is 1.48. The zero-order valence-corrected chi connectivity index (χ0v) is 9.37. The Hall–Kier alpha value is -0.610. The van der Waals surface area contributed by atoms with Crippen LogP contribution in [0.5, 0.6) is 0 Å². The largest absolute Gasteiger partial charge is 0.469 e. The number of ether oxygens (including phenoxy) is 1. The van der Waals surface area contributed by atoms with Crippen molar-refractivity contribution in [2.24, 2.45) is 5.92 Å². The summed E-state index contributed by atoms with van der Waals surface area (Å²) in [5.74, 6) is 0.674. The number of nitrogens with one attached hydrogen (secondary N) is 1. The molecule has 0 radical (unpaired) electrons. The lowest BCUT2D eigenvalue weighted by Gasteiger charge is -2.34. The maximum atomic E-state index is 11.3. The quantitative estimate of drug-likeness (QED) is 0.678. The maximum absolute atomic E-state index is 11.3. The van der Waals surface area contributed by atoms with Crippen LogP contribution in [0.1, 0.15) is 19.3 Å². The summed E-state index contributed by atoms with van der Waals surface area (Å²) in [4.78, 5) is 13.8. The van der Waals surface area contributed by atoms with E-state index in [0.717, 1.165) is 32.1 Å². The Morgan fingerprint density at radius 3 is 2.67 bits per heavy atom. The minimum atomic E-state index is -0.0644. The molecule has 2 aliphatic rings. The average Bonchev–Trinajstić information content (AvgIpc) is 3.10. The molecule has 2 rings (SSSR count). The second-order valence-corrected chi connectivity index (χ2v) is 4.47. The van der Waals surface area contributed by atoms with E-state index in [4.69, 9.17) is 4.74 Å². The Kier molecular flexibility index (Phi) is 3.59. The lowest BCUT2D eigenvalue weighted by molar-refractivity contribution is -0.142. The van der Waals surface area contributed by atoms with Gasteiger partial charge in [-0.05, 0) is 18.8 Å². The fraction of sp³-hybridized carbons (Fsp3) is 0.909. The molecule has 1 unspecified atom stereocenters. The molecule has 0 spiro atoms. The Morgan fingerprint density at radius 1 is 1.47 bits per heavy atom. The fourth-order valence-corrected chi connectivity index (χ4v) is 2.34. The maximum Gasteiger partial charge on any atom is 0.307 e. The lowest BCUT2D eigenvalue weighted by atomic mass is 10.1. The normalized spacial score (nSPS) is 24.9. The van der Waals surface area contributed by atoms with Gasteiger partial charge in [-0.2, -0.15) is 0 Å². The van der Waals surface area contributed by atoms with Crippen LogP contribution in [0.2, 0.25) is 0 Å². The highest BCUT2D eigenvalue weighted by Gasteiger charge is 2.36. The molecular weight excluding hydrogens is 192 g/mol. The number of hydrogen-bond donors (Lipinski definition) is 1. The van der Waals surface area contributed by atoms with E-state index >= 15 is 0 Å². The minimum Gasteiger partial charge on any atom is -0.469 e. The molecular formula is C11H20N2O2. The van der Waals surface area contributed by atoms with Gasteiger partial charge in [-0.15, -0.1) is 0 Å². The van der Waals surface area contributed by atoms with Crippen molar-refractivity contribution in [3.05, 3.63) is 0 Å². The van der Waals surface area contributed by atoms with Crippen molar-refractivity contribution in [3.8, 4) is 0 Å². The molecule has 86 valence electrons. The van der Waals surface area contributed by atoms with Gasteiger partial charge in [-0.25, -0.2) is 0 Å². The number of carbonyl (C=O) groups is 1. The smallest absolute Gasteiger partial charge is 0.307 e. The van der Waals surface area contributed by atoms with E-state index < -0.39 is 0 Å². The topological polar surface area (TPSA) is 41.6 Å². The van der Waals surface area contributed by atoms with Crippen molar-refractivity contribution < 1.29 is 9.53 Å². The van der Waals surface area contributed by atoms with Gasteiger partial charge in [0, 0.05) is 32.2 Å². The second-order valence-electron chi connectivity index (χ2n) is 4.47. The molecule has 2 fully saturated rings. The van der Waals surface area contributed by atoms with Crippen LogP contribution in [0.4, 0.5) is 0 Å². The molecule has 0 amide bonds. The molecule has 1 saturated heterocycles. The predicted molar refractivity (Wildman–Crippen MR) is 57.6 cm³/mol. The van der Waals surface area contributed by atoms with E-state index in [1.807, 2.05) is 0 Å². The van der Waals surface area contributed by atoms with Gasteiger partial charge in [0.1, 0.15) is 0 Å². The summed E-state index contributed by atoms with van der Waals surface area (Å²) in [6.45, 7) is 4.23. The summed E-state index contributed by atoms with van der Waals surface area (Å²) >= 11 is 0. The summed E-state index contributed by atoms with van der Waals surface area (Å²) in [5.41, 5.74) is 0. The van der Waals surface area contributed by atoms with Gasteiger partial charge < -0.3 is 10.1 Å². The van der Waals surface area contributed by atoms with Crippen molar-refractivity contribution in [2.45, 2.75) is 25.3 Å². The summed E-state index contributed by atoms with van der Waals surface area (Å²) in [5, 5.41) is 3.34. The van der Waals surface area contributed by atoms with Gasteiger partial charge in [0.25, 0.3) is 0 Å². The molecule has 0 aromatic heterocycles. The average molecular weight is 212 g/mol. The van der Waals surface area contributed by atoms with Gasteiger partial charge in [-0.3, -0.25) is 9.69 Å². The zero-order chi connectivity index (χ0) is 10.7. The number of esters is 1. The van der Waals surface area contributed by atoms with Crippen LogP contribution in [0.15, 0.2) is 0 Å². The third-order valence-electron chi connectivity index (χ3n) is 3.39. The molecule has 0 bridgehead atoms. The first-order valence-electron chi connectivity index (χ1n) is 5.83. The SMILES string of the molecule is COC(=O)CC(C1CC1)N1CCNCC1. The number of rotatable bonds is 4. The second kappa shape index (κ2) is 4.94. The van der Waals surface area contributed by atoms with E-state index in [0.29, 0.717) is 12.5 Å². The summed E-state index contributed by atoms with van der Waals surface area (Å²) < 4.78 is 4.77. The zero-order valence-electron chi connectivity index (χ0n) is 9.37. The highest BCUT2D eigenvalue weighted by molar-refractivity contribution is 5.70. The lowest BCUT2D eigenvalue weighted by Crippen LogP contribution is -2.49. The van der Waals surface area contributed by atoms with E-state index in [-0.39, 0.29) is 5.97 Å². The fourth-order valence-electron chi connectivity index (χ4n) is 2.34. The van der Waals surface area contributed by atoms with Crippen molar-refractivity contribution in [1.82, 2.24) is 10.2 Å². The van der Waals surface area contributed by atoms with Crippen LogP contribution in [-0.4, -0.2) is 50.2 Å². The van der Waals surface area contributed by atoms with Crippen molar-refractivity contribution in [3.63, 3.8) is 0 Å². The van der Waals surface area contributed by atoms with Crippen LogP contribution in [0, 0.1) is 5.92 Å².